The number of rotatable bonds is 2. The van der Waals surface area contributed by atoms with Crippen LogP contribution in [0.25, 0.3) is 0 Å². The summed E-state index contributed by atoms with van der Waals surface area (Å²) < 4.78 is 13.9. The minimum absolute atomic E-state index is 0.278. The molecule has 3 nitrogen and oxygen atoms in total. The topological polar surface area (TPSA) is 56.0 Å². The SMILES string of the molecule is N#Cc1ccc(N[C@H]2c3ccccc3C[C@H]2O)c(F)c1. The fourth-order valence-corrected chi connectivity index (χ4v) is 2.62. The molecule has 20 heavy (non-hydrogen) atoms. The first kappa shape index (κ1) is 12.6. The van der Waals surface area contributed by atoms with Crippen LogP contribution < -0.4 is 5.32 Å². The van der Waals surface area contributed by atoms with Gasteiger partial charge in [-0.05, 0) is 29.3 Å². The Balaban J connectivity index is 1.90. The highest BCUT2D eigenvalue weighted by Gasteiger charge is 2.31. The Labute approximate surface area is 116 Å². The first-order valence-corrected chi connectivity index (χ1v) is 6.41. The molecule has 1 aliphatic rings. The first-order valence-electron chi connectivity index (χ1n) is 6.41. The molecule has 0 fully saturated rings. The lowest BCUT2D eigenvalue weighted by Gasteiger charge is -2.19. The van der Waals surface area contributed by atoms with Gasteiger partial charge in [-0.2, -0.15) is 5.26 Å². The van der Waals surface area contributed by atoms with Crippen LogP contribution in [0.2, 0.25) is 0 Å². The molecular weight excluding hydrogens is 255 g/mol. The first-order chi connectivity index (χ1) is 9.69. The number of benzene rings is 2. The van der Waals surface area contributed by atoms with Gasteiger partial charge in [0.1, 0.15) is 5.82 Å². The van der Waals surface area contributed by atoms with Crippen LogP contribution in [0, 0.1) is 17.1 Å². The highest BCUT2D eigenvalue weighted by Crippen LogP contribution is 2.34. The molecule has 2 aromatic rings. The molecule has 2 N–H and O–H groups in total. The lowest BCUT2D eigenvalue weighted by Crippen LogP contribution is -2.21. The Morgan fingerprint density at radius 2 is 2.05 bits per heavy atom. The number of nitrogens with zero attached hydrogens (tertiary/aromatic N) is 1. The van der Waals surface area contributed by atoms with E-state index in [1.54, 1.807) is 6.07 Å². The number of nitrogens with one attached hydrogen (secondary N) is 1. The molecule has 4 heteroatoms. The summed E-state index contributed by atoms with van der Waals surface area (Å²) in [6.07, 6.45) is -0.0198. The fourth-order valence-electron chi connectivity index (χ4n) is 2.62. The van der Waals surface area contributed by atoms with Gasteiger partial charge >= 0.3 is 0 Å². The minimum Gasteiger partial charge on any atom is -0.390 e. The van der Waals surface area contributed by atoms with Gasteiger partial charge < -0.3 is 10.4 Å². The second kappa shape index (κ2) is 4.95. The molecule has 3 rings (SSSR count). The molecule has 0 saturated carbocycles. The van der Waals surface area contributed by atoms with Gasteiger partial charge in [-0.15, -0.1) is 0 Å². The number of aliphatic hydroxyl groups is 1. The maximum atomic E-state index is 13.9. The summed E-state index contributed by atoms with van der Waals surface area (Å²) in [6, 6.07) is 13.6. The molecule has 1 aliphatic carbocycles. The molecule has 0 heterocycles. The van der Waals surface area contributed by atoms with E-state index in [4.69, 9.17) is 5.26 Å². The van der Waals surface area contributed by atoms with E-state index in [1.165, 1.54) is 12.1 Å². The molecular formula is C16H13FN2O. The maximum Gasteiger partial charge on any atom is 0.147 e. The summed E-state index contributed by atoms with van der Waals surface area (Å²) in [4.78, 5) is 0. The van der Waals surface area contributed by atoms with Crippen LogP contribution in [-0.2, 0) is 6.42 Å². The number of anilines is 1. The van der Waals surface area contributed by atoms with E-state index < -0.39 is 11.9 Å². The number of hydrogen-bond acceptors (Lipinski definition) is 3. The fraction of sp³-hybridized carbons (Fsp3) is 0.188. The lowest BCUT2D eigenvalue weighted by molar-refractivity contribution is 0.165. The highest BCUT2D eigenvalue weighted by atomic mass is 19.1. The van der Waals surface area contributed by atoms with Crippen molar-refractivity contribution in [2.75, 3.05) is 5.32 Å². The van der Waals surface area contributed by atoms with Gasteiger partial charge in [0.2, 0.25) is 0 Å². The van der Waals surface area contributed by atoms with Gasteiger partial charge in [0, 0.05) is 6.42 Å². The van der Waals surface area contributed by atoms with Gasteiger partial charge in [-0.1, -0.05) is 24.3 Å². The van der Waals surface area contributed by atoms with Crippen LogP contribution in [0.3, 0.4) is 0 Å². The number of halogens is 1. The number of hydrogen-bond donors (Lipinski definition) is 2. The summed E-state index contributed by atoms with van der Waals surface area (Å²) in [5, 5.41) is 21.9. The molecule has 0 aromatic heterocycles. The predicted octanol–water partition coefficient (Wildman–Crippen LogP) is 2.77. The average molecular weight is 268 g/mol. The highest BCUT2D eigenvalue weighted by molar-refractivity contribution is 5.52. The van der Waals surface area contributed by atoms with Crippen molar-refractivity contribution in [3.63, 3.8) is 0 Å². The summed E-state index contributed by atoms with van der Waals surface area (Å²) in [5.74, 6) is -0.486. The zero-order valence-corrected chi connectivity index (χ0v) is 10.7. The molecule has 0 saturated heterocycles. The molecule has 2 aromatic carbocycles. The lowest BCUT2D eigenvalue weighted by atomic mass is 10.1. The normalized spacial score (nSPS) is 20.2. The van der Waals surface area contributed by atoms with E-state index in [-0.39, 0.29) is 11.6 Å². The number of fused-ring (bicyclic) bond motifs is 1. The van der Waals surface area contributed by atoms with Crippen molar-refractivity contribution < 1.29 is 9.50 Å². The van der Waals surface area contributed by atoms with Crippen molar-refractivity contribution >= 4 is 5.69 Å². The second-order valence-corrected chi connectivity index (χ2v) is 4.90. The Morgan fingerprint density at radius 1 is 1.25 bits per heavy atom. The van der Waals surface area contributed by atoms with Gasteiger partial charge in [0.25, 0.3) is 0 Å². The smallest absolute Gasteiger partial charge is 0.147 e. The third kappa shape index (κ3) is 2.13. The van der Waals surface area contributed by atoms with E-state index in [2.05, 4.69) is 5.32 Å². The van der Waals surface area contributed by atoms with Crippen molar-refractivity contribution in [3.8, 4) is 6.07 Å². The van der Waals surface area contributed by atoms with Crippen molar-refractivity contribution in [3.05, 3.63) is 65.0 Å². The average Bonchev–Trinajstić information content (AvgIpc) is 2.77. The molecule has 0 amide bonds. The second-order valence-electron chi connectivity index (χ2n) is 4.90. The van der Waals surface area contributed by atoms with Crippen LogP contribution in [-0.4, -0.2) is 11.2 Å². The zero-order valence-electron chi connectivity index (χ0n) is 10.7. The van der Waals surface area contributed by atoms with Crippen LogP contribution in [0.5, 0.6) is 0 Å². The maximum absolute atomic E-state index is 13.9. The third-order valence-electron chi connectivity index (χ3n) is 3.61. The summed E-state index contributed by atoms with van der Waals surface area (Å²) in [5.41, 5.74) is 2.64. The number of aliphatic hydroxyl groups excluding tert-OH is 1. The van der Waals surface area contributed by atoms with Crippen LogP contribution in [0.1, 0.15) is 22.7 Å². The van der Waals surface area contributed by atoms with E-state index in [9.17, 15) is 9.50 Å². The van der Waals surface area contributed by atoms with E-state index in [1.807, 2.05) is 30.3 Å². The van der Waals surface area contributed by atoms with Crippen LogP contribution >= 0.6 is 0 Å². The van der Waals surface area contributed by atoms with Crippen LogP contribution in [0.15, 0.2) is 42.5 Å². The van der Waals surface area contributed by atoms with E-state index >= 15 is 0 Å². The van der Waals surface area contributed by atoms with E-state index in [0.29, 0.717) is 12.1 Å². The third-order valence-corrected chi connectivity index (χ3v) is 3.61. The van der Waals surface area contributed by atoms with Crippen molar-refractivity contribution in [1.82, 2.24) is 0 Å². The van der Waals surface area contributed by atoms with Crippen LogP contribution in [0.4, 0.5) is 10.1 Å². The summed E-state index contributed by atoms with van der Waals surface area (Å²) in [7, 11) is 0. The summed E-state index contributed by atoms with van der Waals surface area (Å²) >= 11 is 0. The Hall–Kier alpha value is -2.38. The molecule has 0 bridgehead atoms. The Kier molecular flexibility index (Phi) is 3.13. The molecule has 0 aliphatic heterocycles. The standard InChI is InChI=1S/C16H13FN2O/c17-13-7-10(9-18)5-6-14(13)19-16-12-4-2-1-3-11(12)8-15(16)20/h1-7,15-16,19-20H,8H2/t15-,16+/m1/s1. The number of nitriles is 1. The largest absolute Gasteiger partial charge is 0.390 e. The van der Waals surface area contributed by atoms with Gasteiger partial charge in [-0.25, -0.2) is 4.39 Å². The molecule has 0 radical (unpaired) electrons. The molecule has 2 atom stereocenters. The van der Waals surface area contributed by atoms with Crippen molar-refractivity contribution in [2.24, 2.45) is 0 Å². The Bertz CT molecular complexity index is 693. The molecule has 0 unspecified atom stereocenters. The van der Waals surface area contributed by atoms with Gasteiger partial charge in [0.05, 0.1) is 29.5 Å². The summed E-state index contributed by atoms with van der Waals surface area (Å²) in [6.45, 7) is 0. The van der Waals surface area contributed by atoms with Gasteiger partial charge in [0.15, 0.2) is 0 Å². The quantitative estimate of drug-likeness (QED) is 0.880. The monoisotopic (exact) mass is 268 g/mol. The van der Waals surface area contributed by atoms with Gasteiger partial charge in [-0.3, -0.25) is 0 Å². The Morgan fingerprint density at radius 3 is 2.80 bits per heavy atom. The van der Waals surface area contributed by atoms with Crippen molar-refractivity contribution in [2.45, 2.75) is 18.6 Å². The zero-order chi connectivity index (χ0) is 14.1. The predicted molar refractivity (Wildman–Crippen MR) is 73.6 cm³/mol. The molecule has 0 spiro atoms. The van der Waals surface area contributed by atoms with E-state index in [0.717, 1.165) is 11.1 Å². The van der Waals surface area contributed by atoms with Crippen molar-refractivity contribution in [1.29, 1.82) is 5.26 Å². The minimum atomic E-state index is -0.581. The molecule has 100 valence electrons.